The molecule has 1 aromatic heterocycles. The Morgan fingerprint density at radius 3 is 2.32 bits per heavy atom. The summed E-state index contributed by atoms with van der Waals surface area (Å²) in [5.74, 6) is 1.57. The summed E-state index contributed by atoms with van der Waals surface area (Å²) < 4.78 is 5.98. The van der Waals surface area contributed by atoms with Gasteiger partial charge in [0.1, 0.15) is 11.5 Å². The highest BCUT2D eigenvalue weighted by atomic mass is 35.5. The van der Waals surface area contributed by atoms with Crippen LogP contribution in [0.25, 0.3) is 0 Å². The normalized spacial score (nSPS) is 10.6. The van der Waals surface area contributed by atoms with Crippen molar-refractivity contribution in [2.45, 2.75) is 25.8 Å². The fourth-order valence-electron chi connectivity index (χ4n) is 3.71. The number of nitrogens with zero attached hydrogens (tertiary/aromatic N) is 2. The van der Waals surface area contributed by atoms with Crippen molar-refractivity contribution in [1.29, 1.82) is 0 Å². The Kier molecular flexibility index (Phi) is 8.31. The molecular weight excluding hydrogens is 444 g/mol. The zero-order chi connectivity index (χ0) is 23.6. The number of rotatable bonds is 10. The number of carbonyl (C=O) groups excluding carboxylic acids is 1. The molecule has 0 fully saturated rings. The third kappa shape index (κ3) is 7.19. The first-order chi connectivity index (χ1) is 16.7. The average molecular weight is 471 g/mol. The van der Waals surface area contributed by atoms with Gasteiger partial charge in [-0.05, 0) is 66.1 Å². The molecule has 0 aliphatic heterocycles. The molecule has 34 heavy (non-hydrogen) atoms. The summed E-state index contributed by atoms with van der Waals surface area (Å²) in [7, 11) is 0. The van der Waals surface area contributed by atoms with Crippen molar-refractivity contribution < 1.29 is 9.53 Å². The zero-order valence-corrected chi connectivity index (χ0v) is 19.7. The van der Waals surface area contributed by atoms with Crippen molar-refractivity contribution in [1.82, 2.24) is 9.88 Å². The Morgan fingerprint density at radius 2 is 1.56 bits per heavy atom. The average Bonchev–Trinajstić information content (AvgIpc) is 2.88. The minimum atomic E-state index is 0.129. The van der Waals surface area contributed by atoms with Crippen LogP contribution in [-0.2, 0) is 24.2 Å². The zero-order valence-electron chi connectivity index (χ0n) is 18.9. The van der Waals surface area contributed by atoms with E-state index in [4.69, 9.17) is 16.3 Å². The standard InChI is InChI=1S/C29H27ClN2O2/c30-25-13-15-27(16-14-25)34-28-11-6-9-24(21-28)22-32(20-18-26-10-4-5-19-31-26)29(33)17-12-23-7-2-1-3-8-23/h1-11,13-16,19,21H,12,17-18,20,22H2. The molecule has 4 rings (SSSR count). The minimum absolute atomic E-state index is 0.129. The van der Waals surface area contributed by atoms with E-state index in [1.54, 1.807) is 18.3 Å². The molecule has 172 valence electrons. The highest BCUT2D eigenvalue weighted by molar-refractivity contribution is 6.30. The number of amides is 1. The second-order valence-corrected chi connectivity index (χ2v) is 8.51. The van der Waals surface area contributed by atoms with E-state index in [0.29, 0.717) is 36.7 Å². The third-order valence-corrected chi connectivity index (χ3v) is 5.76. The van der Waals surface area contributed by atoms with Crippen molar-refractivity contribution in [2.24, 2.45) is 0 Å². The van der Waals surface area contributed by atoms with E-state index < -0.39 is 0 Å². The molecule has 1 amide bonds. The Hall–Kier alpha value is -3.63. The Balaban J connectivity index is 1.45. The smallest absolute Gasteiger partial charge is 0.223 e. The van der Waals surface area contributed by atoms with Crippen LogP contribution in [0.4, 0.5) is 0 Å². The maximum Gasteiger partial charge on any atom is 0.223 e. The van der Waals surface area contributed by atoms with E-state index in [1.807, 2.05) is 77.7 Å². The molecule has 0 radical (unpaired) electrons. The second kappa shape index (κ2) is 12.0. The summed E-state index contributed by atoms with van der Waals surface area (Å²) in [6, 6.07) is 31.1. The highest BCUT2D eigenvalue weighted by Crippen LogP contribution is 2.24. The van der Waals surface area contributed by atoms with Crippen LogP contribution in [0.1, 0.15) is 23.2 Å². The van der Waals surface area contributed by atoms with Crippen molar-refractivity contribution in [2.75, 3.05) is 6.54 Å². The molecule has 0 aliphatic rings. The van der Waals surface area contributed by atoms with Gasteiger partial charge >= 0.3 is 0 Å². The van der Waals surface area contributed by atoms with Gasteiger partial charge in [-0.15, -0.1) is 0 Å². The van der Waals surface area contributed by atoms with Crippen LogP contribution in [0.5, 0.6) is 11.5 Å². The summed E-state index contributed by atoms with van der Waals surface area (Å²) in [4.78, 5) is 19.5. The van der Waals surface area contributed by atoms with Crippen molar-refractivity contribution in [3.05, 3.63) is 125 Å². The molecule has 0 saturated heterocycles. The molecule has 4 aromatic rings. The van der Waals surface area contributed by atoms with Gasteiger partial charge in [0, 0.05) is 42.8 Å². The monoisotopic (exact) mass is 470 g/mol. The molecule has 1 heterocycles. The fraction of sp³-hybridized carbons (Fsp3) is 0.172. The lowest BCUT2D eigenvalue weighted by molar-refractivity contribution is -0.131. The summed E-state index contributed by atoms with van der Waals surface area (Å²) in [6.45, 7) is 1.12. The number of aromatic nitrogens is 1. The first kappa shape index (κ1) is 23.5. The first-order valence-corrected chi connectivity index (χ1v) is 11.8. The van der Waals surface area contributed by atoms with Gasteiger partial charge in [0.2, 0.25) is 5.91 Å². The van der Waals surface area contributed by atoms with Gasteiger partial charge in [0.15, 0.2) is 0 Å². The van der Waals surface area contributed by atoms with E-state index in [9.17, 15) is 4.79 Å². The number of ether oxygens (including phenoxy) is 1. The molecule has 0 N–H and O–H groups in total. The predicted molar refractivity (Wildman–Crippen MR) is 136 cm³/mol. The van der Waals surface area contributed by atoms with E-state index in [-0.39, 0.29) is 5.91 Å². The number of carbonyl (C=O) groups is 1. The topological polar surface area (TPSA) is 42.4 Å². The minimum Gasteiger partial charge on any atom is -0.457 e. The number of pyridine rings is 1. The SMILES string of the molecule is O=C(CCc1ccccc1)N(CCc1ccccn1)Cc1cccc(Oc2ccc(Cl)cc2)c1. The highest BCUT2D eigenvalue weighted by Gasteiger charge is 2.15. The van der Waals surface area contributed by atoms with Gasteiger partial charge in [-0.3, -0.25) is 9.78 Å². The molecule has 3 aromatic carbocycles. The molecule has 0 atom stereocenters. The predicted octanol–water partition coefficient (Wildman–Crippen LogP) is 6.73. The van der Waals surface area contributed by atoms with Gasteiger partial charge < -0.3 is 9.64 Å². The molecule has 0 saturated carbocycles. The number of halogens is 1. The van der Waals surface area contributed by atoms with Crippen LogP contribution in [0, 0.1) is 0 Å². The van der Waals surface area contributed by atoms with Gasteiger partial charge in [0.25, 0.3) is 0 Å². The van der Waals surface area contributed by atoms with Gasteiger partial charge in [-0.2, -0.15) is 0 Å². The maximum atomic E-state index is 13.2. The van der Waals surface area contributed by atoms with Crippen LogP contribution in [0.3, 0.4) is 0 Å². The van der Waals surface area contributed by atoms with Crippen molar-refractivity contribution in [3.8, 4) is 11.5 Å². The molecule has 0 unspecified atom stereocenters. The first-order valence-electron chi connectivity index (χ1n) is 11.4. The van der Waals surface area contributed by atoms with Gasteiger partial charge in [-0.25, -0.2) is 0 Å². The Bertz CT molecular complexity index is 1180. The molecule has 5 heteroatoms. The van der Waals surface area contributed by atoms with Crippen LogP contribution < -0.4 is 4.74 Å². The summed E-state index contributed by atoms with van der Waals surface area (Å²) in [6.07, 6.45) is 3.68. The molecule has 4 nitrogen and oxygen atoms in total. The summed E-state index contributed by atoms with van der Waals surface area (Å²) >= 11 is 5.97. The second-order valence-electron chi connectivity index (χ2n) is 8.08. The number of aryl methyl sites for hydroxylation is 1. The lowest BCUT2D eigenvalue weighted by atomic mass is 10.1. The molecule has 0 aliphatic carbocycles. The van der Waals surface area contributed by atoms with Crippen LogP contribution in [0.2, 0.25) is 5.02 Å². The van der Waals surface area contributed by atoms with Crippen LogP contribution >= 0.6 is 11.6 Å². The van der Waals surface area contributed by atoms with E-state index >= 15 is 0 Å². The lowest BCUT2D eigenvalue weighted by Gasteiger charge is -2.23. The van der Waals surface area contributed by atoms with Gasteiger partial charge in [0.05, 0.1) is 0 Å². The van der Waals surface area contributed by atoms with E-state index in [2.05, 4.69) is 17.1 Å². The summed E-state index contributed by atoms with van der Waals surface area (Å²) in [5, 5.41) is 0.665. The number of hydrogen-bond acceptors (Lipinski definition) is 3. The van der Waals surface area contributed by atoms with Crippen LogP contribution in [-0.4, -0.2) is 22.3 Å². The quantitative estimate of drug-likeness (QED) is 0.258. The largest absolute Gasteiger partial charge is 0.457 e. The molecule has 0 spiro atoms. The van der Waals surface area contributed by atoms with Crippen molar-refractivity contribution >= 4 is 17.5 Å². The lowest BCUT2D eigenvalue weighted by Crippen LogP contribution is -2.32. The fourth-order valence-corrected chi connectivity index (χ4v) is 3.83. The van der Waals surface area contributed by atoms with E-state index in [0.717, 1.165) is 23.4 Å². The van der Waals surface area contributed by atoms with E-state index in [1.165, 1.54) is 5.56 Å². The maximum absolute atomic E-state index is 13.2. The molecule has 0 bridgehead atoms. The Labute approximate surface area is 205 Å². The van der Waals surface area contributed by atoms with Gasteiger partial charge in [-0.1, -0.05) is 60.1 Å². The molecular formula is C29H27ClN2O2. The van der Waals surface area contributed by atoms with Crippen molar-refractivity contribution in [3.63, 3.8) is 0 Å². The Morgan fingerprint density at radius 1 is 0.794 bits per heavy atom. The van der Waals surface area contributed by atoms with Crippen LogP contribution in [0.15, 0.2) is 103 Å². The number of benzene rings is 3. The number of hydrogen-bond donors (Lipinski definition) is 0. The summed E-state index contributed by atoms with van der Waals surface area (Å²) in [5.41, 5.74) is 3.16. The third-order valence-electron chi connectivity index (χ3n) is 5.51.